The largest absolute Gasteiger partial charge is 0.309 e. The highest BCUT2D eigenvalue weighted by Gasteiger charge is 2.17. The molecule has 1 nitrogen and oxygen atoms in total. The lowest BCUT2D eigenvalue weighted by atomic mass is 9.89. The summed E-state index contributed by atoms with van der Waals surface area (Å²) < 4.78 is 0. The Labute approximate surface area is 135 Å². The van der Waals surface area contributed by atoms with Gasteiger partial charge >= 0.3 is 0 Å². The van der Waals surface area contributed by atoms with Gasteiger partial charge in [-0.25, -0.2) is 0 Å². The van der Waals surface area contributed by atoms with E-state index in [4.69, 9.17) is 0 Å². The average Bonchev–Trinajstić information content (AvgIpc) is 2.47. The molecular weight excluding hydrogens is 274 g/mol. The van der Waals surface area contributed by atoms with E-state index in [0.717, 1.165) is 11.8 Å². The Morgan fingerprint density at radius 3 is 2.24 bits per heavy atom. The van der Waals surface area contributed by atoms with Crippen LogP contribution in [0.1, 0.15) is 57.4 Å². The second-order valence-corrected chi connectivity index (χ2v) is 8.35. The molecule has 2 heteroatoms. The Balaban J connectivity index is 1.91. The second kappa shape index (κ2) is 8.24. The Morgan fingerprint density at radius 2 is 1.67 bits per heavy atom. The van der Waals surface area contributed by atoms with Crippen molar-refractivity contribution in [2.75, 3.05) is 20.6 Å². The minimum absolute atomic E-state index is 0.626. The minimum Gasteiger partial charge on any atom is -0.309 e. The molecule has 1 fully saturated rings. The lowest BCUT2D eigenvalue weighted by Crippen LogP contribution is -2.23. The monoisotopic (exact) mass is 305 g/mol. The van der Waals surface area contributed by atoms with E-state index in [1.807, 2.05) is 0 Å². The lowest BCUT2D eigenvalue weighted by molar-refractivity contribution is 0.313. The highest BCUT2D eigenvalue weighted by molar-refractivity contribution is 8.00. The van der Waals surface area contributed by atoms with Crippen LogP contribution in [0, 0.1) is 5.92 Å². The van der Waals surface area contributed by atoms with Gasteiger partial charge in [-0.05, 0) is 56.5 Å². The second-order valence-electron chi connectivity index (χ2n) is 6.98. The zero-order chi connectivity index (χ0) is 15.2. The van der Waals surface area contributed by atoms with Gasteiger partial charge in [-0.15, -0.1) is 11.8 Å². The van der Waals surface area contributed by atoms with Gasteiger partial charge in [0.25, 0.3) is 0 Å². The normalized spacial score (nSPS) is 19.7. The van der Waals surface area contributed by atoms with E-state index in [-0.39, 0.29) is 0 Å². The van der Waals surface area contributed by atoms with Crippen molar-refractivity contribution in [1.82, 2.24) is 4.90 Å². The molecule has 1 aliphatic rings. The molecule has 1 aromatic rings. The SMILES string of the molecule is CC(CN(C)C)C(C)c1ccc(SC2CCCCC2)cc1. The summed E-state index contributed by atoms with van der Waals surface area (Å²) in [5.41, 5.74) is 1.48. The first-order valence-corrected chi connectivity index (χ1v) is 9.35. The van der Waals surface area contributed by atoms with Crippen molar-refractivity contribution in [1.29, 1.82) is 0 Å². The van der Waals surface area contributed by atoms with Crippen molar-refractivity contribution < 1.29 is 0 Å². The van der Waals surface area contributed by atoms with Crippen LogP contribution in [-0.2, 0) is 0 Å². The fourth-order valence-electron chi connectivity index (χ4n) is 3.29. The molecule has 2 rings (SSSR count). The molecule has 1 saturated carbocycles. The van der Waals surface area contributed by atoms with Gasteiger partial charge in [0.2, 0.25) is 0 Å². The summed E-state index contributed by atoms with van der Waals surface area (Å²) in [6.45, 7) is 5.87. The number of rotatable bonds is 6. The maximum absolute atomic E-state index is 2.36. The molecule has 0 heterocycles. The molecular formula is C19H31NS. The van der Waals surface area contributed by atoms with E-state index in [1.54, 1.807) is 0 Å². The molecule has 0 aromatic heterocycles. The third-order valence-corrected chi connectivity index (χ3v) is 6.12. The Hall–Kier alpha value is -0.470. The molecule has 0 amide bonds. The van der Waals surface area contributed by atoms with Crippen molar-refractivity contribution in [3.8, 4) is 0 Å². The topological polar surface area (TPSA) is 3.24 Å². The van der Waals surface area contributed by atoms with Crippen molar-refractivity contribution in [3.05, 3.63) is 29.8 Å². The van der Waals surface area contributed by atoms with E-state index in [1.165, 1.54) is 42.6 Å². The third kappa shape index (κ3) is 5.34. The first-order valence-electron chi connectivity index (χ1n) is 8.47. The first-order chi connectivity index (χ1) is 10.1. The van der Waals surface area contributed by atoms with Gasteiger partial charge in [0.1, 0.15) is 0 Å². The summed E-state index contributed by atoms with van der Waals surface area (Å²) in [6, 6.07) is 9.38. The highest BCUT2D eigenvalue weighted by atomic mass is 32.2. The molecule has 0 radical (unpaired) electrons. The standard InChI is InChI=1S/C19H31NS/c1-15(14-20(3)4)16(2)17-10-12-19(13-11-17)21-18-8-6-5-7-9-18/h10-13,15-16,18H,5-9,14H2,1-4H3. The number of hydrogen-bond donors (Lipinski definition) is 0. The average molecular weight is 306 g/mol. The first kappa shape index (κ1) is 16.9. The molecule has 0 N–H and O–H groups in total. The Morgan fingerprint density at radius 1 is 1.05 bits per heavy atom. The Kier molecular flexibility index (Phi) is 6.63. The summed E-state index contributed by atoms with van der Waals surface area (Å²) in [5, 5.41) is 0.856. The molecule has 21 heavy (non-hydrogen) atoms. The van der Waals surface area contributed by atoms with E-state index < -0.39 is 0 Å². The van der Waals surface area contributed by atoms with E-state index >= 15 is 0 Å². The van der Waals surface area contributed by atoms with Crippen molar-refractivity contribution >= 4 is 11.8 Å². The molecule has 1 aromatic carbocycles. The molecule has 0 spiro atoms. The van der Waals surface area contributed by atoms with Crippen molar-refractivity contribution in [2.45, 2.75) is 62.0 Å². The summed E-state index contributed by atoms with van der Waals surface area (Å²) in [7, 11) is 4.32. The van der Waals surface area contributed by atoms with Gasteiger partial charge in [0, 0.05) is 16.7 Å². The van der Waals surface area contributed by atoms with Crippen LogP contribution in [0.4, 0.5) is 0 Å². The van der Waals surface area contributed by atoms with E-state index in [2.05, 4.69) is 68.9 Å². The van der Waals surface area contributed by atoms with Crippen LogP contribution in [0.5, 0.6) is 0 Å². The van der Waals surface area contributed by atoms with Crippen LogP contribution in [-0.4, -0.2) is 30.8 Å². The highest BCUT2D eigenvalue weighted by Crippen LogP contribution is 2.34. The van der Waals surface area contributed by atoms with Crippen LogP contribution < -0.4 is 0 Å². The maximum atomic E-state index is 2.36. The van der Waals surface area contributed by atoms with Crippen molar-refractivity contribution in [2.24, 2.45) is 5.92 Å². The summed E-state index contributed by atoms with van der Waals surface area (Å²) in [6.07, 6.45) is 7.10. The van der Waals surface area contributed by atoms with Gasteiger partial charge in [0.05, 0.1) is 0 Å². The zero-order valence-corrected chi connectivity index (χ0v) is 15.0. The molecule has 1 aliphatic carbocycles. The molecule has 0 aliphatic heterocycles. The number of hydrogen-bond acceptors (Lipinski definition) is 2. The zero-order valence-electron chi connectivity index (χ0n) is 14.1. The summed E-state index contributed by atoms with van der Waals surface area (Å²) in [5.74, 6) is 1.32. The van der Waals surface area contributed by atoms with Gasteiger partial charge in [-0.3, -0.25) is 0 Å². The van der Waals surface area contributed by atoms with Gasteiger partial charge in [-0.1, -0.05) is 45.2 Å². The van der Waals surface area contributed by atoms with Crippen LogP contribution in [0.25, 0.3) is 0 Å². The number of nitrogens with zero attached hydrogens (tertiary/aromatic N) is 1. The number of benzene rings is 1. The minimum atomic E-state index is 0.626. The van der Waals surface area contributed by atoms with Gasteiger partial charge < -0.3 is 4.90 Å². The summed E-state index contributed by atoms with van der Waals surface area (Å²) >= 11 is 2.10. The smallest absolute Gasteiger partial charge is 0.00944 e. The number of thioether (sulfide) groups is 1. The lowest BCUT2D eigenvalue weighted by Gasteiger charge is -2.24. The third-order valence-electron chi connectivity index (χ3n) is 4.77. The fraction of sp³-hybridized carbons (Fsp3) is 0.684. The maximum Gasteiger partial charge on any atom is 0.00944 e. The van der Waals surface area contributed by atoms with Gasteiger partial charge in [-0.2, -0.15) is 0 Å². The van der Waals surface area contributed by atoms with Crippen molar-refractivity contribution in [3.63, 3.8) is 0 Å². The summed E-state index contributed by atoms with van der Waals surface area (Å²) in [4.78, 5) is 3.74. The molecule has 2 unspecified atom stereocenters. The van der Waals surface area contributed by atoms with E-state index in [0.29, 0.717) is 11.8 Å². The molecule has 0 bridgehead atoms. The van der Waals surface area contributed by atoms with Crippen LogP contribution in [0.15, 0.2) is 29.2 Å². The predicted octanol–water partition coefficient (Wildman–Crippen LogP) is 5.41. The van der Waals surface area contributed by atoms with E-state index in [9.17, 15) is 0 Å². The fourth-order valence-corrected chi connectivity index (χ4v) is 4.54. The van der Waals surface area contributed by atoms with Crippen LogP contribution in [0.2, 0.25) is 0 Å². The molecule has 0 saturated heterocycles. The molecule has 2 atom stereocenters. The Bertz CT molecular complexity index is 406. The molecule has 118 valence electrons. The predicted molar refractivity (Wildman–Crippen MR) is 95.3 cm³/mol. The van der Waals surface area contributed by atoms with Gasteiger partial charge in [0.15, 0.2) is 0 Å². The van der Waals surface area contributed by atoms with Crippen LogP contribution >= 0.6 is 11.8 Å². The quantitative estimate of drug-likeness (QED) is 0.691. The van der Waals surface area contributed by atoms with Crippen LogP contribution in [0.3, 0.4) is 0 Å².